The van der Waals surface area contributed by atoms with Crippen LogP contribution in [0.2, 0.25) is 0 Å². The average molecular weight is 309 g/mol. The van der Waals surface area contributed by atoms with Gasteiger partial charge in [0.25, 0.3) is 10.0 Å². The van der Waals surface area contributed by atoms with E-state index >= 15 is 0 Å². The molecular formula is C12H15N5O3S. The van der Waals surface area contributed by atoms with Gasteiger partial charge in [-0.1, -0.05) is 0 Å². The second-order valence-electron chi connectivity index (χ2n) is 4.28. The third-order valence-corrected chi connectivity index (χ3v) is 3.76. The van der Waals surface area contributed by atoms with Crippen molar-refractivity contribution in [2.75, 3.05) is 11.3 Å². The molecule has 0 saturated carbocycles. The standard InChI is InChI=1S/C12H15N5O3S/c1-8-15-6-12(16-8)21(18,19)17-9-2-4-10(5-3-9)20-7-11(13)14/h2-6,17H,7H2,1H3,(H3,13,14)(H,15,16). The summed E-state index contributed by atoms with van der Waals surface area (Å²) in [5.74, 6) is 0.920. The smallest absolute Gasteiger partial charge is 0.278 e. The van der Waals surface area contributed by atoms with Crippen LogP contribution in [-0.2, 0) is 10.0 Å². The lowest BCUT2D eigenvalue weighted by atomic mass is 10.3. The van der Waals surface area contributed by atoms with Crippen molar-refractivity contribution in [3.05, 3.63) is 36.3 Å². The van der Waals surface area contributed by atoms with Crippen LogP contribution >= 0.6 is 0 Å². The van der Waals surface area contributed by atoms with Crippen LogP contribution in [0.4, 0.5) is 5.69 Å². The number of hydrogen-bond donors (Lipinski definition) is 4. The van der Waals surface area contributed by atoms with Gasteiger partial charge in [0.2, 0.25) is 0 Å². The first-order valence-electron chi connectivity index (χ1n) is 5.97. The monoisotopic (exact) mass is 309 g/mol. The first kappa shape index (κ1) is 14.9. The Morgan fingerprint density at radius 1 is 1.43 bits per heavy atom. The Morgan fingerprint density at radius 3 is 2.62 bits per heavy atom. The fraction of sp³-hybridized carbons (Fsp3) is 0.167. The highest BCUT2D eigenvalue weighted by Gasteiger charge is 2.16. The van der Waals surface area contributed by atoms with Crippen LogP contribution in [0.5, 0.6) is 5.75 Å². The maximum absolute atomic E-state index is 12.1. The molecule has 0 fully saturated rings. The number of nitrogens with zero attached hydrogens (tertiary/aromatic N) is 1. The molecule has 0 aliphatic rings. The highest BCUT2D eigenvalue weighted by Crippen LogP contribution is 2.18. The molecule has 0 aliphatic heterocycles. The molecule has 5 N–H and O–H groups in total. The molecule has 2 rings (SSSR count). The second kappa shape index (κ2) is 5.83. The van der Waals surface area contributed by atoms with Gasteiger partial charge in [0.1, 0.15) is 24.0 Å². The molecule has 0 atom stereocenters. The summed E-state index contributed by atoms with van der Waals surface area (Å²) in [4.78, 5) is 6.51. The van der Waals surface area contributed by atoms with E-state index in [1.54, 1.807) is 31.2 Å². The minimum absolute atomic E-state index is 0.00286. The summed E-state index contributed by atoms with van der Waals surface area (Å²) in [6.07, 6.45) is 1.25. The van der Waals surface area contributed by atoms with Crippen LogP contribution in [0.25, 0.3) is 0 Å². The van der Waals surface area contributed by atoms with E-state index in [1.165, 1.54) is 6.20 Å². The number of sulfonamides is 1. The van der Waals surface area contributed by atoms with E-state index in [-0.39, 0.29) is 17.5 Å². The zero-order valence-electron chi connectivity index (χ0n) is 11.3. The summed E-state index contributed by atoms with van der Waals surface area (Å²) in [6.45, 7) is 1.65. The summed E-state index contributed by atoms with van der Waals surface area (Å²) in [5, 5.41) is 7.05. The highest BCUT2D eigenvalue weighted by atomic mass is 32.2. The molecule has 2 aromatic rings. The zero-order chi connectivity index (χ0) is 15.5. The summed E-state index contributed by atoms with van der Waals surface area (Å²) in [7, 11) is -3.69. The molecule has 9 heteroatoms. The minimum Gasteiger partial charge on any atom is -0.486 e. The Bertz CT molecular complexity index is 737. The van der Waals surface area contributed by atoms with Crippen LogP contribution in [0.3, 0.4) is 0 Å². The third-order valence-electron chi connectivity index (χ3n) is 2.47. The van der Waals surface area contributed by atoms with Gasteiger partial charge in [-0.15, -0.1) is 0 Å². The molecule has 1 aromatic carbocycles. The number of aromatic amines is 1. The normalized spacial score (nSPS) is 11.1. The van der Waals surface area contributed by atoms with Gasteiger partial charge in [0.15, 0.2) is 5.03 Å². The number of imidazole rings is 1. The predicted octanol–water partition coefficient (Wildman–Crippen LogP) is 0.834. The van der Waals surface area contributed by atoms with Gasteiger partial charge in [-0.3, -0.25) is 10.1 Å². The van der Waals surface area contributed by atoms with Crippen molar-refractivity contribution in [2.24, 2.45) is 5.73 Å². The Kier molecular flexibility index (Phi) is 4.13. The van der Waals surface area contributed by atoms with Gasteiger partial charge in [0, 0.05) is 5.69 Å². The van der Waals surface area contributed by atoms with Crippen LogP contribution in [-0.4, -0.2) is 30.8 Å². The molecule has 0 spiro atoms. The number of hydrogen-bond acceptors (Lipinski definition) is 5. The van der Waals surface area contributed by atoms with Crippen molar-refractivity contribution < 1.29 is 13.2 Å². The average Bonchev–Trinajstić information content (AvgIpc) is 2.85. The third kappa shape index (κ3) is 3.96. The van der Waals surface area contributed by atoms with Gasteiger partial charge < -0.3 is 15.5 Å². The maximum atomic E-state index is 12.1. The summed E-state index contributed by atoms with van der Waals surface area (Å²) < 4.78 is 31.7. The number of aryl methyl sites for hydroxylation is 1. The Hall–Kier alpha value is -2.55. The molecule has 0 saturated heterocycles. The lowest BCUT2D eigenvalue weighted by molar-refractivity contribution is 0.374. The largest absolute Gasteiger partial charge is 0.486 e. The lowest BCUT2D eigenvalue weighted by Crippen LogP contribution is -2.19. The maximum Gasteiger partial charge on any atom is 0.278 e. The fourth-order valence-corrected chi connectivity index (χ4v) is 2.56. The number of anilines is 1. The molecule has 1 heterocycles. The van der Waals surface area contributed by atoms with E-state index in [0.29, 0.717) is 17.3 Å². The Balaban J connectivity index is 2.08. The summed E-state index contributed by atoms with van der Waals surface area (Å²) >= 11 is 0. The van der Waals surface area contributed by atoms with Crippen molar-refractivity contribution in [1.29, 1.82) is 5.41 Å². The molecule has 0 unspecified atom stereocenters. The van der Waals surface area contributed by atoms with Crippen molar-refractivity contribution >= 4 is 21.5 Å². The number of H-pyrrole nitrogens is 1. The van der Waals surface area contributed by atoms with E-state index in [4.69, 9.17) is 15.9 Å². The molecule has 0 bridgehead atoms. The van der Waals surface area contributed by atoms with Crippen LogP contribution < -0.4 is 15.2 Å². The van der Waals surface area contributed by atoms with Crippen LogP contribution in [0, 0.1) is 12.3 Å². The molecule has 112 valence electrons. The van der Waals surface area contributed by atoms with E-state index < -0.39 is 10.0 Å². The first-order valence-corrected chi connectivity index (χ1v) is 7.45. The van der Waals surface area contributed by atoms with Crippen molar-refractivity contribution in [2.45, 2.75) is 11.9 Å². The van der Waals surface area contributed by atoms with Crippen LogP contribution in [0.1, 0.15) is 5.82 Å². The summed E-state index contributed by atoms with van der Waals surface area (Å²) in [5.41, 5.74) is 5.56. The van der Waals surface area contributed by atoms with Gasteiger partial charge in [0.05, 0.1) is 6.20 Å². The number of amidine groups is 1. The van der Waals surface area contributed by atoms with E-state index in [0.717, 1.165) is 0 Å². The Morgan fingerprint density at radius 2 is 2.10 bits per heavy atom. The lowest BCUT2D eigenvalue weighted by Gasteiger charge is -2.08. The topological polar surface area (TPSA) is 134 Å². The molecule has 21 heavy (non-hydrogen) atoms. The van der Waals surface area contributed by atoms with Crippen molar-refractivity contribution in [1.82, 2.24) is 9.97 Å². The highest BCUT2D eigenvalue weighted by molar-refractivity contribution is 7.92. The van der Waals surface area contributed by atoms with Gasteiger partial charge in [-0.2, -0.15) is 8.42 Å². The quantitative estimate of drug-likeness (QED) is 0.463. The predicted molar refractivity (Wildman–Crippen MR) is 78.0 cm³/mol. The van der Waals surface area contributed by atoms with Crippen molar-refractivity contribution in [3.63, 3.8) is 0 Å². The number of benzene rings is 1. The van der Waals surface area contributed by atoms with Gasteiger partial charge >= 0.3 is 0 Å². The fourth-order valence-electron chi connectivity index (χ4n) is 1.53. The van der Waals surface area contributed by atoms with E-state index in [2.05, 4.69) is 14.7 Å². The first-order chi connectivity index (χ1) is 9.87. The van der Waals surface area contributed by atoms with Crippen molar-refractivity contribution in [3.8, 4) is 5.75 Å². The molecule has 0 amide bonds. The van der Waals surface area contributed by atoms with E-state index in [1.807, 2.05) is 0 Å². The molecule has 1 aromatic heterocycles. The Labute approximate surface area is 121 Å². The van der Waals surface area contributed by atoms with Gasteiger partial charge in [-0.05, 0) is 31.2 Å². The second-order valence-corrected chi connectivity index (χ2v) is 5.93. The number of nitrogens with one attached hydrogen (secondary N) is 3. The molecule has 8 nitrogen and oxygen atoms in total. The van der Waals surface area contributed by atoms with Gasteiger partial charge in [-0.25, -0.2) is 4.98 Å². The molecular weight excluding hydrogens is 294 g/mol. The number of nitrogens with two attached hydrogens (primary N) is 1. The summed E-state index contributed by atoms with van der Waals surface area (Å²) in [6, 6.07) is 6.27. The molecule has 0 radical (unpaired) electrons. The van der Waals surface area contributed by atoms with Crippen LogP contribution in [0.15, 0.2) is 35.5 Å². The SMILES string of the molecule is Cc1ncc(S(=O)(=O)Nc2ccc(OCC(=N)N)cc2)[nH]1. The molecule has 0 aliphatic carbocycles. The zero-order valence-corrected chi connectivity index (χ0v) is 12.1. The minimum atomic E-state index is -3.69. The number of rotatable bonds is 6. The number of ether oxygens (including phenoxy) is 1. The van der Waals surface area contributed by atoms with E-state index in [9.17, 15) is 8.42 Å². The number of aromatic nitrogens is 2.